The molecule has 2 aromatic rings. The lowest BCUT2D eigenvalue weighted by atomic mass is 10.0. The van der Waals surface area contributed by atoms with Gasteiger partial charge < -0.3 is 10.2 Å². The summed E-state index contributed by atoms with van der Waals surface area (Å²) in [7, 11) is 0. The van der Waals surface area contributed by atoms with Gasteiger partial charge in [0.1, 0.15) is 6.04 Å². The average molecular weight is 415 g/mol. The number of benzene rings is 2. The monoisotopic (exact) mass is 414 g/mol. The van der Waals surface area contributed by atoms with Gasteiger partial charge in [-0.3, -0.25) is 9.59 Å². The highest BCUT2D eigenvalue weighted by Gasteiger charge is 2.28. The van der Waals surface area contributed by atoms with Gasteiger partial charge in [-0.15, -0.1) is 0 Å². The van der Waals surface area contributed by atoms with Crippen LogP contribution >= 0.6 is 11.6 Å². The minimum Gasteiger partial charge on any atom is -0.354 e. The molecule has 1 atom stereocenters. The van der Waals surface area contributed by atoms with Crippen LogP contribution in [0.4, 0.5) is 0 Å². The highest BCUT2D eigenvalue weighted by Crippen LogP contribution is 2.18. The number of carbonyl (C=O) groups excluding carboxylic acids is 2. The summed E-state index contributed by atoms with van der Waals surface area (Å²) >= 11 is 5.96. The van der Waals surface area contributed by atoms with Crippen molar-refractivity contribution in [3.05, 3.63) is 70.2 Å². The molecular formula is C24H31ClN2O2. The van der Waals surface area contributed by atoms with Crippen LogP contribution in [0.3, 0.4) is 0 Å². The molecule has 2 amide bonds. The highest BCUT2D eigenvalue weighted by molar-refractivity contribution is 6.30. The second-order valence-corrected chi connectivity index (χ2v) is 8.25. The van der Waals surface area contributed by atoms with Crippen molar-refractivity contribution in [3.63, 3.8) is 0 Å². The number of nitrogens with zero attached hydrogens (tertiary/aromatic N) is 1. The van der Waals surface area contributed by atoms with E-state index in [1.807, 2.05) is 50.2 Å². The summed E-state index contributed by atoms with van der Waals surface area (Å²) in [6, 6.07) is 14.7. The van der Waals surface area contributed by atoms with Crippen LogP contribution in [0.2, 0.25) is 5.02 Å². The third kappa shape index (κ3) is 6.90. The SMILES string of the molecule is CCC(C(=O)NCC(C)C)N(Cc1ccccc1C)C(=O)Cc1ccc(Cl)cc1. The molecule has 5 heteroatoms. The first kappa shape index (κ1) is 23.0. The van der Waals surface area contributed by atoms with Crippen molar-refractivity contribution < 1.29 is 9.59 Å². The Kier molecular flexibility index (Phi) is 8.71. The maximum atomic E-state index is 13.3. The van der Waals surface area contributed by atoms with Crippen LogP contribution in [0.1, 0.15) is 43.9 Å². The van der Waals surface area contributed by atoms with E-state index >= 15 is 0 Å². The van der Waals surface area contributed by atoms with Gasteiger partial charge in [0.2, 0.25) is 11.8 Å². The van der Waals surface area contributed by atoms with E-state index in [9.17, 15) is 9.59 Å². The van der Waals surface area contributed by atoms with Crippen LogP contribution in [-0.2, 0) is 22.6 Å². The number of nitrogens with one attached hydrogen (secondary N) is 1. The van der Waals surface area contributed by atoms with Gasteiger partial charge in [-0.1, -0.05) is 68.8 Å². The molecular weight excluding hydrogens is 384 g/mol. The second-order valence-electron chi connectivity index (χ2n) is 7.81. The summed E-state index contributed by atoms with van der Waals surface area (Å²) in [5.41, 5.74) is 3.04. The summed E-state index contributed by atoms with van der Waals surface area (Å²) in [5.74, 6) is 0.187. The van der Waals surface area contributed by atoms with Crippen molar-refractivity contribution in [1.82, 2.24) is 10.2 Å². The van der Waals surface area contributed by atoms with E-state index in [0.717, 1.165) is 16.7 Å². The van der Waals surface area contributed by atoms with Gasteiger partial charge in [-0.2, -0.15) is 0 Å². The normalized spacial score (nSPS) is 11.9. The number of rotatable bonds is 9. The molecule has 0 fully saturated rings. The topological polar surface area (TPSA) is 49.4 Å². The number of aryl methyl sites for hydroxylation is 1. The van der Waals surface area contributed by atoms with Gasteiger partial charge >= 0.3 is 0 Å². The zero-order valence-corrected chi connectivity index (χ0v) is 18.5. The number of carbonyl (C=O) groups is 2. The van der Waals surface area contributed by atoms with Crippen molar-refractivity contribution in [2.45, 2.75) is 53.1 Å². The predicted molar refractivity (Wildman–Crippen MR) is 119 cm³/mol. The number of hydrogen-bond donors (Lipinski definition) is 1. The van der Waals surface area contributed by atoms with Crippen LogP contribution < -0.4 is 5.32 Å². The lowest BCUT2D eigenvalue weighted by Gasteiger charge is -2.31. The van der Waals surface area contributed by atoms with Crippen LogP contribution in [0, 0.1) is 12.8 Å². The summed E-state index contributed by atoms with van der Waals surface area (Å²) in [4.78, 5) is 27.9. The van der Waals surface area contributed by atoms with E-state index in [0.29, 0.717) is 30.5 Å². The van der Waals surface area contributed by atoms with E-state index in [1.54, 1.807) is 17.0 Å². The summed E-state index contributed by atoms with van der Waals surface area (Å²) in [6.07, 6.45) is 0.791. The van der Waals surface area contributed by atoms with Gasteiger partial charge in [-0.25, -0.2) is 0 Å². The fourth-order valence-corrected chi connectivity index (χ4v) is 3.32. The average Bonchev–Trinajstić information content (AvgIpc) is 2.69. The standard InChI is InChI=1S/C24H31ClN2O2/c1-5-22(24(29)26-15-17(2)3)27(16-20-9-7-6-8-18(20)4)23(28)14-19-10-12-21(25)13-11-19/h6-13,17,22H,5,14-16H2,1-4H3,(H,26,29). The second kappa shape index (κ2) is 11.0. The lowest BCUT2D eigenvalue weighted by Crippen LogP contribution is -2.50. The maximum absolute atomic E-state index is 13.3. The van der Waals surface area contributed by atoms with Gasteiger partial charge in [0, 0.05) is 18.1 Å². The molecule has 0 aliphatic heterocycles. The molecule has 156 valence electrons. The van der Waals surface area contributed by atoms with Crippen molar-refractivity contribution in [2.24, 2.45) is 5.92 Å². The number of halogens is 1. The fraction of sp³-hybridized carbons (Fsp3) is 0.417. The molecule has 0 aliphatic rings. The molecule has 0 aromatic heterocycles. The molecule has 1 unspecified atom stereocenters. The highest BCUT2D eigenvalue weighted by atomic mass is 35.5. The van der Waals surface area contributed by atoms with Crippen LogP contribution in [0.25, 0.3) is 0 Å². The Balaban J connectivity index is 2.27. The Bertz CT molecular complexity index is 818. The predicted octanol–water partition coefficient (Wildman–Crippen LogP) is 4.77. The van der Waals surface area contributed by atoms with E-state index in [-0.39, 0.29) is 18.2 Å². The van der Waals surface area contributed by atoms with Gasteiger partial charge in [0.15, 0.2) is 0 Å². The first-order chi connectivity index (χ1) is 13.8. The van der Waals surface area contributed by atoms with Crippen molar-refractivity contribution in [1.29, 1.82) is 0 Å². The Labute approximate surface area is 179 Å². The minimum absolute atomic E-state index is 0.0675. The quantitative estimate of drug-likeness (QED) is 0.642. The van der Waals surface area contributed by atoms with Crippen LogP contribution in [0.5, 0.6) is 0 Å². The summed E-state index contributed by atoms with van der Waals surface area (Å²) < 4.78 is 0. The molecule has 2 aromatic carbocycles. The van der Waals surface area contributed by atoms with Gasteiger partial charge in [0.05, 0.1) is 6.42 Å². The Hall–Kier alpha value is -2.33. The molecule has 4 nitrogen and oxygen atoms in total. The molecule has 0 bridgehead atoms. The lowest BCUT2D eigenvalue weighted by molar-refractivity contribution is -0.141. The zero-order chi connectivity index (χ0) is 21.4. The van der Waals surface area contributed by atoms with E-state index < -0.39 is 6.04 Å². The van der Waals surface area contributed by atoms with Gasteiger partial charge in [-0.05, 0) is 48.1 Å². The van der Waals surface area contributed by atoms with Crippen molar-refractivity contribution >= 4 is 23.4 Å². The number of hydrogen-bond acceptors (Lipinski definition) is 2. The van der Waals surface area contributed by atoms with Crippen molar-refractivity contribution in [3.8, 4) is 0 Å². The molecule has 0 aliphatic carbocycles. The van der Waals surface area contributed by atoms with E-state index in [4.69, 9.17) is 11.6 Å². The third-order valence-electron chi connectivity index (χ3n) is 4.94. The maximum Gasteiger partial charge on any atom is 0.242 e. The van der Waals surface area contributed by atoms with Crippen molar-refractivity contribution in [2.75, 3.05) is 6.54 Å². The first-order valence-electron chi connectivity index (χ1n) is 10.2. The molecule has 0 saturated carbocycles. The van der Waals surface area contributed by atoms with Crippen LogP contribution in [0.15, 0.2) is 48.5 Å². The Morgan fingerprint density at radius 2 is 1.72 bits per heavy atom. The van der Waals surface area contributed by atoms with E-state index in [1.165, 1.54) is 0 Å². The molecule has 0 saturated heterocycles. The Morgan fingerprint density at radius 3 is 2.31 bits per heavy atom. The fourth-order valence-electron chi connectivity index (χ4n) is 3.19. The molecule has 2 rings (SSSR count). The molecule has 0 spiro atoms. The molecule has 0 heterocycles. The number of amides is 2. The smallest absolute Gasteiger partial charge is 0.242 e. The third-order valence-corrected chi connectivity index (χ3v) is 5.19. The van der Waals surface area contributed by atoms with E-state index in [2.05, 4.69) is 19.2 Å². The molecule has 1 N–H and O–H groups in total. The van der Waals surface area contributed by atoms with Gasteiger partial charge in [0.25, 0.3) is 0 Å². The summed E-state index contributed by atoms with van der Waals surface area (Å²) in [5, 5.41) is 3.63. The first-order valence-corrected chi connectivity index (χ1v) is 10.6. The summed E-state index contributed by atoms with van der Waals surface area (Å²) in [6.45, 7) is 9.08. The van der Waals surface area contributed by atoms with Crippen LogP contribution in [-0.4, -0.2) is 29.3 Å². The molecule has 29 heavy (non-hydrogen) atoms. The Morgan fingerprint density at radius 1 is 1.07 bits per heavy atom. The minimum atomic E-state index is -0.506. The zero-order valence-electron chi connectivity index (χ0n) is 17.7. The molecule has 0 radical (unpaired) electrons. The largest absolute Gasteiger partial charge is 0.354 e.